The summed E-state index contributed by atoms with van der Waals surface area (Å²) in [6.07, 6.45) is -0.861. The average Bonchev–Trinajstić information content (AvgIpc) is 2.55. The van der Waals surface area contributed by atoms with Crippen LogP contribution in [0.1, 0.15) is 0 Å². The number of phosphoric acid groups is 1. The summed E-state index contributed by atoms with van der Waals surface area (Å²) in [5, 5.41) is 5.63. The van der Waals surface area contributed by atoms with Gasteiger partial charge in [-0.15, -0.1) is 17.5 Å². The molecule has 0 fully saturated rings. The fraction of sp³-hybridized carbons (Fsp3) is 0.273. The van der Waals surface area contributed by atoms with Gasteiger partial charge >= 0.3 is 7.82 Å². The van der Waals surface area contributed by atoms with Crippen LogP contribution in [0.3, 0.4) is 0 Å². The number of thiol groups is 1. The minimum absolute atomic E-state index is 0.0804. The predicted octanol–water partition coefficient (Wildman–Crippen LogP) is 0.209. The van der Waals surface area contributed by atoms with Crippen molar-refractivity contribution < 1.29 is 23.2 Å². The summed E-state index contributed by atoms with van der Waals surface area (Å²) in [5.74, 6) is 0.226. The van der Waals surface area contributed by atoms with Crippen molar-refractivity contribution in [2.45, 2.75) is 6.10 Å². The molecule has 0 spiro atoms. The number of hydrogen-bond donors (Lipinski definition) is 6. The van der Waals surface area contributed by atoms with Crippen LogP contribution in [0, 0.1) is 0 Å². The van der Waals surface area contributed by atoms with E-state index in [2.05, 4.69) is 37.8 Å². The van der Waals surface area contributed by atoms with Gasteiger partial charge in [0.1, 0.15) is 12.3 Å². The lowest BCUT2D eigenvalue weighted by molar-refractivity contribution is 0.0748. The molecule has 2 aliphatic heterocycles. The van der Waals surface area contributed by atoms with Crippen molar-refractivity contribution >= 4 is 50.5 Å². The van der Waals surface area contributed by atoms with Crippen LogP contribution in [0.4, 0.5) is 17.5 Å². The summed E-state index contributed by atoms with van der Waals surface area (Å²) in [4.78, 5) is 28.1. The molecule has 0 bridgehead atoms. The number of nitrogens with two attached hydrogens (primary N) is 1. The summed E-state index contributed by atoms with van der Waals surface area (Å²) in [7, 11) is -3.15. The second kappa shape index (κ2) is 6.52. The molecule has 0 aliphatic carbocycles. The van der Waals surface area contributed by atoms with Crippen molar-refractivity contribution in [3.63, 3.8) is 0 Å². The van der Waals surface area contributed by atoms with Gasteiger partial charge in [-0.25, -0.2) is 4.57 Å². The molecule has 11 nitrogen and oxygen atoms in total. The number of nitrogen functional groups attached to an aromatic ring is 1. The van der Waals surface area contributed by atoms with E-state index in [1.165, 1.54) is 0 Å². The standard InChI is InChI=1S/C11H14N5O6PS2/c1-20-23(18,19)21-2-3-6(24)7(25)4-10(22-3)14-8-5(13-4)9(17)16-11(12)15-8/h3,13,24-25H,2H2,1H3,(H,18,19)(H4,12,14,15,16,17)/p-1. The van der Waals surface area contributed by atoms with Crippen LogP contribution in [0.25, 0.3) is 0 Å². The van der Waals surface area contributed by atoms with E-state index in [-0.39, 0.29) is 39.8 Å². The Balaban J connectivity index is 1.87. The first-order chi connectivity index (χ1) is 11.7. The van der Waals surface area contributed by atoms with Crippen molar-refractivity contribution in [2.75, 3.05) is 30.1 Å². The normalized spacial score (nSPS) is 21.5. The van der Waals surface area contributed by atoms with E-state index in [1.807, 2.05) is 0 Å². The van der Waals surface area contributed by atoms with Gasteiger partial charge < -0.3 is 38.6 Å². The van der Waals surface area contributed by atoms with Gasteiger partial charge in [0.25, 0.3) is 5.56 Å². The van der Waals surface area contributed by atoms with Gasteiger partial charge in [-0.05, 0) is 0 Å². The molecule has 0 aromatic carbocycles. The largest absolute Gasteiger partial charge is 0.777 e. The zero-order chi connectivity index (χ0) is 18.4. The van der Waals surface area contributed by atoms with Crippen LogP contribution in [0.5, 0.6) is 0 Å². The Morgan fingerprint density at radius 3 is 2.92 bits per heavy atom. The van der Waals surface area contributed by atoms with Crippen molar-refractivity contribution in [1.82, 2.24) is 9.97 Å². The number of hydrogen-bond acceptors (Lipinski definition) is 11. The molecule has 2 unspecified atom stereocenters. The van der Waals surface area contributed by atoms with Crippen LogP contribution < -0.4 is 21.9 Å². The first-order valence-corrected chi connectivity index (χ1v) is 9.05. The van der Waals surface area contributed by atoms with Gasteiger partial charge in [0.2, 0.25) is 11.8 Å². The van der Waals surface area contributed by atoms with Crippen LogP contribution >= 0.6 is 20.5 Å². The van der Waals surface area contributed by atoms with Crippen molar-refractivity contribution in [2.24, 2.45) is 0 Å². The van der Waals surface area contributed by atoms with Crippen LogP contribution in [0.15, 0.2) is 26.2 Å². The molecule has 14 heteroatoms. The molecular formula is C11H13N5O6PS2-. The number of fused-ring (bicyclic) bond motifs is 1. The molecule has 3 rings (SSSR count). The Hall–Kier alpha value is -1.76. The molecule has 0 radical (unpaired) electrons. The number of aromatic amines is 1. The van der Waals surface area contributed by atoms with E-state index < -0.39 is 19.5 Å². The summed E-state index contributed by atoms with van der Waals surface area (Å²) < 4.78 is 26.2. The van der Waals surface area contributed by atoms with E-state index in [1.54, 1.807) is 0 Å². The van der Waals surface area contributed by atoms with Crippen molar-refractivity contribution in [1.29, 1.82) is 0 Å². The maximum absolute atomic E-state index is 12.0. The Labute approximate surface area is 152 Å². The maximum atomic E-state index is 12.0. The molecule has 1 aromatic rings. The smallest absolute Gasteiger partial charge is 0.472 e. The zero-order valence-corrected chi connectivity index (χ0v) is 15.2. The number of ether oxygens (including phenoxy) is 1. The van der Waals surface area contributed by atoms with Crippen LogP contribution in [-0.4, -0.2) is 34.7 Å². The van der Waals surface area contributed by atoms with E-state index >= 15 is 0 Å². The highest BCUT2D eigenvalue weighted by Crippen LogP contribution is 2.44. The maximum Gasteiger partial charge on any atom is 0.472 e. The number of nitrogens with one attached hydrogen (secondary N) is 3. The third-order valence-electron chi connectivity index (χ3n) is 3.29. The highest BCUT2D eigenvalue weighted by molar-refractivity contribution is 7.85. The molecule has 25 heavy (non-hydrogen) atoms. The number of aromatic nitrogens is 2. The quantitative estimate of drug-likeness (QED) is 0.230. The SMILES string of the molecule is COP(=O)(O)OCC1OC2=C(Nc3c(nc(N)[nH]c3=O)N2)C([S-])=C1S. The number of phosphoric ester groups is 1. The molecule has 1 aromatic heterocycles. The molecule has 6 N–H and O–H groups in total. The monoisotopic (exact) mass is 406 g/mol. The second-order valence-corrected chi connectivity index (χ2v) is 7.35. The van der Waals surface area contributed by atoms with Gasteiger partial charge in [0.15, 0.2) is 11.9 Å². The molecular weight excluding hydrogens is 393 g/mol. The Kier molecular flexibility index (Phi) is 4.70. The minimum Gasteiger partial charge on any atom is -0.777 e. The van der Waals surface area contributed by atoms with Gasteiger partial charge in [0.05, 0.1) is 5.70 Å². The van der Waals surface area contributed by atoms with Gasteiger partial charge in [-0.1, -0.05) is 0 Å². The van der Waals surface area contributed by atoms with E-state index in [9.17, 15) is 14.3 Å². The van der Waals surface area contributed by atoms with Gasteiger partial charge in [0, 0.05) is 12.0 Å². The first kappa shape index (κ1) is 18.0. The topological polar surface area (TPSA) is 161 Å². The van der Waals surface area contributed by atoms with Crippen molar-refractivity contribution in [3.8, 4) is 0 Å². The molecule has 0 saturated carbocycles. The summed E-state index contributed by atoms with van der Waals surface area (Å²) in [6.45, 7) is -0.336. The lowest BCUT2D eigenvalue weighted by Crippen LogP contribution is -2.34. The number of H-pyrrole nitrogens is 1. The minimum atomic E-state index is -4.19. The number of anilines is 3. The molecule has 2 aliphatic rings. The lowest BCUT2D eigenvalue weighted by Gasteiger charge is -2.37. The summed E-state index contributed by atoms with van der Waals surface area (Å²) in [5.41, 5.74) is 5.45. The van der Waals surface area contributed by atoms with E-state index in [0.717, 1.165) is 7.11 Å². The summed E-state index contributed by atoms with van der Waals surface area (Å²) in [6, 6.07) is 0. The zero-order valence-electron chi connectivity index (χ0n) is 12.6. The second-order valence-electron chi connectivity index (χ2n) is 4.90. The fourth-order valence-electron chi connectivity index (χ4n) is 2.10. The molecule has 3 heterocycles. The first-order valence-electron chi connectivity index (χ1n) is 6.70. The Morgan fingerprint density at radius 1 is 1.52 bits per heavy atom. The molecule has 2 atom stereocenters. The van der Waals surface area contributed by atoms with Crippen molar-refractivity contribution in [3.05, 3.63) is 31.7 Å². The van der Waals surface area contributed by atoms with Gasteiger partial charge in [-0.3, -0.25) is 18.8 Å². The third kappa shape index (κ3) is 3.47. The third-order valence-corrected chi connectivity index (χ3v) is 5.31. The highest BCUT2D eigenvalue weighted by Gasteiger charge is 2.32. The van der Waals surface area contributed by atoms with Crippen LogP contribution in [-0.2, 0) is 31.0 Å². The molecule has 0 saturated heterocycles. The van der Waals surface area contributed by atoms with E-state index in [4.69, 9.17) is 27.6 Å². The fourth-order valence-corrected chi connectivity index (χ4v) is 3.04. The lowest BCUT2D eigenvalue weighted by atomic mass is 10.2. The Bertz CT molecular complexity index is 899. The predicted molar refractivity (Wildman–Crippen MR) is 94.6 cm³/mol. The molecule has 0 amide bonds. The van der Waals surface area contributed by atoms with E-state index in [0.29, 0.717) is 5.70 Å². The number of nitrogens with zero attached hydrogens (tertiary/aromatic N) is 1. The highest BCUT2D eigenvalue weighted by atomic mass is 32.1. The Morgan fingerprint density at radius 2 is 2.24 bits per heavy atom. The summed E-state index contributed by atoms with van der Waals surface area (Å²) >= 11 is 9.58. The average molecular weight is 406 g/mol. The molecule has 136 valence electrons. The number of rotatable bonds is 4. The van der Waals surface area contributed by atoms with Crippen LogP contribution in [0.2, 0.25) is 0 Å². The van der Waals surface area contributed by atoms with Gasteiger partial charge in [-0.2, -0.15) is 4.98 Å².